The van der Waals surface area contributed by atoms with Crippen molar-refractivity contribution in [3.63, 3.8) is 0 Å². The van der Waals surface area contributed by atoms with Gasteiger partial charge in [0.2, 0.25) is 0 Å². The third kappa shape index (κ3) is 6.09. The molecule has 1 aliphatic heterocycles. The molecular formula is C23H21F3N2O4S2. The number of hydrogen-bond acceptors (Lipinski definition) is 6. The van der Waals surface area contributed by atoms with Gasteiger partial charge in [-0.1, -0.05) is 36.1 Å². The van der Waals surface area contributed by atoms with E-state index in [2.05, 4.69) is 5.32 Å². The molecular weight excluding hydrogens is 489 g/mol. The van der Waals surface area contributed by atoms with Crippen LogP contribution in [-0.4, -0.2) is 40.8 Å². The van der Waals surface area contributed by atoms with Crippen LogP contribution in [-0.2, 0) is 15.8 Å². The molecule has 0 saturated carbocycles. The van der Waals surface area contributed by atoms with Crippen molar-refractivity contribution in [3.05, 3.63) is 58.5 Å². The Hall–Kier alpha value is -3.05. The van der Waals surface area contributed by atoms with Crippen molar-refractivity contribution in [2.45, 2.75) is 26.1 Å². The van der Waals surface area contributed by atoms with Gasteiger partial charge in [-0.2, -0.15) is 13.2 Å². The average Bonchev–Trinajstić information content (AvgIpc) is 3.05. The van der Waals surface area contributed by atoms with Crippen LogP contribution < -0.4 is 14.8 Å². The number of ether oxygens (including phenoxy) is 2. The number of thiocarbonyl (C=S) groups is 1. The van der Waals surface area contributed by atoms with Crippen LogP contribution in [0.2, 0.25) is 0 Å². The molecule has 2 amide bonds. The summed E-state index contributed by atoms with van der Waals surface area (Å²) >= 11 is 6.49. The molecule has 0 aromatic heterocycles. The van der Waals surface area contributed by atoms with Gasteiger partial charge in [-0.05, 0) is 55.8 Å². The highest BCUT2D eigenvalue weighted by Gasteiger charge is 2.33. The van der Waals surface area contributed by atoms with Crippen LogP contribution in [0.15, 0.2) is 47.4 Å². The predicted molar refractivity (Wildman–Crippen MR) is 129 cm³/mol. The molecule has 3 rings (SSSR count). The van der Waals surface area contributed by atoms with Gasteiger partial charge in [0, 0.05) is 11.7 Å². The van der Waals surface area contributed by atoms with Crippen LogP contribution in [0.4, 0.5) is 18.9 Å². The second kappa shape index (κ2) is 10.5. The Morgan fingerprint density at radius 2 is 1.94 bits per heavy atom. The van der Waals surface area contributed by atoms with E-state index in [9.17, 15) is 22.8 Å². The molecule has 0 radical (unpaired) electrons. The zero-order valence-electron chi connectivity index (χ0n) is 18.4. The third-order valence-corrected chi connectivity index (χ3v) is 5.99. The summed E-state index contributed by atoms with van der Waals surface area (Å²) in [5, 5.41) is 2.37. The van der Waals surface area contributed by atoms with Crippen molar-refractivity contribution in [1.29, 1.82) is 0 Å². The Balaban J connectivity index is 1.67. The van der Waals surface area contributed by atoms with Gasteiger partial charge < -0.3 is 14.8 Å². The first-order chi connectivity index (χ1) is 16.0. The van der Waals surface area contributed by atoms with Crippen molar-refractivity contribution < 1.29 is 32.2 Å². The molecule has 1 aliphatic rings. The largest absolute Gasteiger partial charge is 0.493 e. The highest BCUT2D eigenvalue weighted by molar-refractivity contribution is 8.26. The van der Waals surface area contributed by atoms with E-state index in [0.29, 0.717) is 20.5 Å². The van der Waals surface area contributed by atoms with E-state index >= 15 is 0 Å². The number of thioether (sulfide) groups is 1. The Kier molecular flexibility index (Phi) is 7.88. The number of amides is 2. The number of methoxy groups -OCH3 is 1. The number of hydrogen-bond donors (Lipinski definition) is 1. The molecule has 34 heavy (non-hydrogen) atoms. The number of benzene rings is 2. The number of nitrogens with one attached hydrogen (secondary N) is 1. The van der Waals surface area contributed by atoms with Gasteiger partial charge >= 0.3 is 6.18 Å². The lowest BCUT2D eigenvalue weighted by molar-refractivity contribution is -0.137. The Bertz CT molecular complexity index is 1150. The standard InChI is InChI=1S/C23H21F3N2O4S2/c1-13(2)28-21(30)19(34-22(28)33)10-14-7-8-17(18(9-14)31-3)32-12-20(29)27-16-6-4-5-15(11-16)23(24,25)26/h4-11,13H,12H2,1-3H3,(H,27,29)/b19-10-. The molecule has 2 aromatic carbocycles. The highest BCUT2D eigenvalue weighted by atomic mass is 32.2. The van der Waals surface area contributed by atoms with Crippen LogP contribution in [0, 0.1) is 0 Å². The lowest BCUT2D eigenvalue weighted by Gasteiger charge is -2.18. The van der Waals surface area contributed by atoms with Crippen molar-refractivity contribution in [1.82, 2.24) is 4.90 Å². The van der Waals surface area contributed by atoms with Gasteiger partial charge in [-0.25, -0.2) is 0 Å². The number of nitrogens with zero attached hydrogens (tertiary/aromatic N) is 1. The molecule has 1 fully saturated rings. The maximum atomic E-state index is 12.8. The second-order valence-corrected chi connectivity index (χ2v) is 9.15. The van der Waals surface area contributed by atoms with Gasteiger partial charge in [-0.15, -0.1) is 0 Å². The summed E-state index contributed by atoms with van der Waals surface area (Å²) in [6.07, 6.45) is -2.82. The lowest BCUT2D eigenvalue weighted by Crippen LogP contribution is -2.34. The smallest absolute Gasteiger partial charge is 0.416 e. The fourth-order valence-corrected chi connectivity index (χ4v) is 4.61. The number of halogens is 3. The van der Waals surface area contributed by atoms with Gasteiger partial charge in [0.15, 0.2) is 18.1 Å². The summed E-state index contributed by atoms with van der Waals surface area (Å²) in [6, 6.07) is 9.17. The summed E-state index contributed by atoms with van der Waals surface area (Å²) < 4.78 is 49.8. The van der Waals surface area contributed by atoms with E-state index in [4.69, 9.17) is 21.7 Å². The molecule has 2 aromatic rings. The van der Waals surface area contributed by atoms with Gasteiger partial charge in [0.1, 0.15) is 4.32 Å². The molecule has 0 unspecified atom stereocenters. The van der Waals surface area contributed by atoms with Gasteiger partial charge in [0.05, 0.1) is 17.6 Å². The summed E-state index contributed by atoms with van der Waals surface area (Å²) in [4.78, 5) is 26.8. The van der Waals surface area contributed by atoms with Gasteiger partial charge in [-0.3, -0.25) is 14.5 Å². The Morgan fingerprint density at radius 3 is 2.56 bits per heavy atom. The lowest BCUT2D eigenvalue weighted by atomic mass is 10.1. The molecule has 6 nitrogen and oxygen atoms in total. The number of carbonyl (C=O) groups is 2. The number of anilines is 1. The SMILES string of the molecule is COc1cc(/C=C2\SC(=S)N(C(C)C)C2=O)ccc1OCC(=O)Nc1cccc(C(F)(F)F)c1. The van der Waals surface area contributed by atoms with Gasteiger partial charge in [0.25, 0.3) is 11.8 Å². The van der Waals surface area contributed by atoms with Crippen LogP contribution in [0.3, 0.4) is 0 Å². The molecule has 1 heterocycles. The van der Waals surface area contributed by atoms with E-state index in [1.165, 1.54) is 31.0 Å². The summed E-state index contributed by atoms with van der Waals surface area (Å²) in [6.45, 7) is 3.32. The first-order valence-electron chi connectivity index (χ1n) is 10.0. The normalized spacial score (nSPS) is 15.3. The van der Waals surface area contributed by atoms with E-state index in [-0.39, 0.29) is 23.4 Å². The number of alkyl halides is 3. The summed E-state index contributed by atoms with van der Waals surface area (Å²) in [5.74, 6) is -0.230. The quantitative estimate of drug-likeness (QED) is 0.401. The first-order valence-corrected chi connectivity index (χ1v) is 11.3. The molecule has 0 aliphatic carbocycles. The molecule has 1 saturated heterocycles. The molecule has 0 bridgehead atoms. The van der Waals surface area contributed by atoms with Crippen LogP contribution in [0.5, 0.6) is 11.5 Å². The second-order valence-electron chi connectivity index (χ2n) is 7.47. The van der Waals surface area contributed by atoms with Crippen molar-refractivity contribution in [2.75, 3.05) is 19.0 Å². The molecule has 11 heteroatoms. The maximum Gasteiger partial charge on any atom is 0.416 e. The van der Waals surface area contributed by atoms with E-state index in [1.807, 2.05) is 13.8 Å². The topological polar surface area (TPSA) is 67.9 Å². The molecule has 180 valence electrons. The number of carbonyl (C=O) groups excluding carboxylic acids is 2. The Labute approximate surface area is 204 Å². The van der Waals surface area contributed by atoms with Crippen molar-refractivity contribution >= 4 is 51.9 Å². The van der Waals surface area contributed by atoms with Crippen molar-refractivity contribution in [3.8, 4) is 11.5 Å². The van der Waals surface area contributed by atoms with E-state index in [0.717, 1.165) is 12.1 Å². The zero-order chi connectivity index (χ0) is 25.0. The van der Waals surface area contributed by atoms with Crippen molar-refractivity contribution in [2.24, 2.45) is 0 Å². The minimum absolute atomic E-state index is 0.00412. The van der Waals surface area contributed by atoms with E-state index < -0.39 is 24.3 Å². The third-order valence-electron chi connectivity index (χ3n) is 4.66. The maximum absolute atomic E-state index is 12.8. The molecule has 1 N–H and O–H groups in total. The van der Waals surface area contributed by atoms with Crippen LogP contribution >= 0.6 is 24.0 Å². The number of rotatable bonds is 7. The minimum atomic E-state index is -4.51. The molecule has 0 atom stereocenters. The predicted octanol–water partition coefficient (Wildman–Crippen LogP) is 5.34. The monoisotopic (exact) mass is 510 g/mol. The average molecular weight is 511 g/mol. The summed E-state index contributed by atoms with van der Waals surface area (Å²) in [7, 11) is 1.42. The first kappa shape index (κ1) is 25.6. The van der Waals surface area contributed by atoms with E-state index in [1.54, 1.807) is 29.2 Å². The molecule has 0 spiro atoms. The fourth-order valence-electron chi connectivity index (χ4n) is 3.08. The Morgan fingerprint density at radius 1 is 1.21 bits per heavy atom. The summed E-state index contributed by atoms with van der Waals surface area (Å²) in [5.41, 5.74) is -0.194. The van der Waals surface area contributed by atoms with Crippen LogP contribution in [0.1, 0.15) is 25.0 Å². The zero-order valence-corrected chi connectivity index (χ0v) is 20.1. The minimum Gasteiger partial charge on any atom is -0.493 e. The van der Waals surface area contributed by atoms with Crippen LogP contribution in [0.25, 0.3) is 6.08 Å². The fraction of sp³-hybridized carbons (Fsp3) is 0.261. The highest BCUT2D eigenvalue weighted by Crippen LogP contribution is 2.36.